The quantitative estimate of drug-likeness (QED) is 0.422. The lowest BCUT2D eigenvalue weighted by Gasteiger charge is -2.09. The summed E-state index contributed by atoms with van der Waals surface area (Å²) in [5, 5.41) is 1.35. The Morgan fingerprint density at radius 3 is 2.81 bits per heavy atom. The molecule has 0 radical (unpaired) electrons. The number of hydrogen-bond donors (Lipinski definition) is 1. The van der Waals surface area contributed by atoms with Crippen molar-refractivity contribution < 1.29 is 9.15 Å². The van der Waals surface area contributed by atoms with Crippen molar-refractivity contribution in [1.29, 1.82) is 0 Å². The van der Waals surface area contributed by atoms with E-state index in [0.717, 1.165) is 33.5 Å². The molecule has 2 N–H and O–H groups in total. The van der Waals surface area contributed by atoms with Gasteiger partial charge in [0, 0.05) is 23.3 Å². The lowest BCUT2D eigenvalue weighted by atomic mass is 10.0. The molecule has 2 aromatic carbocycles. The van der Waals surface area contributed by atoms with Crippen LogP contribution in [-0.2, 0) is 5.75 Å². The third-order valence-corrected chi connectivity index (χ3v) is 5.03. The summed E-state index contributed by atoms with van der Waals surface area (Å²) < 4.78 is 10.6. The van der Waals surface area contributed by atoms with Gasteiger partial charge in [-0.25, -0.2) is 9.79 Å². The van der Waals surface area contributed by atoms with Gasteiger partial charge >= 0.3 is 5.63 Å². The summed E-state index contributed by atoms with van der Waals surface area (Å²) in [7, 11) is 1.61. The van der Waals surface area contributed by atoms with E-state index >= 15 is 0 Å². The van der Waals surface area contributed by atoms with Gasteiger partial charge in [-0.15, -0.1) is 0 Å². The van der Waals surface area contributed by atoms with Gasteiger partial charge in [-0.3, -0.25) is 0 Å². The summed E-state index contributed by atoms with van der Waals surface area (Å²) in [5.74, 6) is 1.26. The van der Waals surface area contributed by atoms with E-state index in [1.54, 1.807) is 7.11 Å². The van der Waals surface area contributed by atoms with Gasteiger partial charge in [-0.1, -0.05) is 30.0 Å². The number of aliphatic imine (C=N–C) groups is 1. The minimum Gasteiger partial charge on any atom is -0.497 e. The molecule has 1 aromatic heterocycles. The van der Waals surface area contributed by atoms with Gasteiger partial charge in [0.25, 0.3) is 0 Å². The average Bonchev–Trinajstić information content (AvgIpc) is 2.63. The molecule has 26 heavy (non-hydrogen) atoms. The summed E-state index contributed by atoms with van der Waals surface area (Å²) in [6.45, 7) is 3.95. The second kappa shape index (κ2) is 7.66. The molecule has 0 atom stereocenters. The van der Waals surface area contributed by atoms with Crippen LogP contribution < -0.4 is 16.1 Å². The van der Waals surface area contributed by atoms with E-state index in [0.29, 0.717) is 16.5 Å². The van der Waals surface area contributed by atoms with Crippen molar-refractivity contribution in [3.05, 3.63) is 69.6 Å². The molecule has 0 fully saturated rings. The first kappa shape index (κ1) is 18.1. The maximum atomic E-state index is 11.9. The molecule has 0 amide bonds. The molecular weight excluding hydrogens is 348 g/mol. The van der Waals surface area contributed by atoms with Crippen molar-refractivity contribution in [2.75, 3.05) is 7.11 Å². The topological polar surface area (TPSA) is 77.8 Å². The van der Waals surface area contributed by atoms with E-state index in [9.17, 15) is 4.79 Å². The smallest absolute Gasteiger partial charge is 0.336 e. The van der Waals surface area contributed by atoms with Crippen molar-refractivity contribution in [2.45, 2.75) is 19.6 Å². The molecule has 1 heterocycles. The van der Waals surface area contributed by atoms with Gasteiger partial charge in [0.15, 0.2) is 5.17 Å². The third-order valence-electron chi connectivity index (χ3n) is 4.19. The number of rotatable bonds is 4. The standard InChI is InChI=1S/C20H20N2O3S/c1-12-7-8-17-14(9-18(23)25-19(17)13(12)2)11-26-20(21)22-15-5-4-6-16(10-15)24-3/h4-10H,11H2,1-3H3,(H2,21,22). The van der Waals surface area contributed by atoms with Crippen LogP contribution in [-0.4, -0.2) is 12.3 Å². The number of thioether (sulfide) groups is 1. The monoisotopic (exact) mass is 368 g/mol. The first-order valence-corrected chi connectivity index (χ1v) is 9.10. The molecule has 3 aromatic rings. The highest BCUT2D eigenvalue weighted by molar-refractivity contribution is 8.13. The largest absolute Gasteiger partial charge is 0.497 e. The Labute approximate surface area is 155 Å². The molecule has 0 aliphatic carbocycles. The first-order valence-electron chi connectivity index (χ1n) is 8.12. The van der Waals surface area contributed by atoms with Crippen molar-refractivity contribution in [3.63, 3.8) is 0 Å². The zero-order valence-corrected chi connectivity index (χ0v) is 15.7. The van der Waals surface area contributed by atoms with Gasteiger partial charge in [0.1, 0.15) is 11.3 Å². The zero-order chi connectivity index (χ0) is 18.7. The molecule has 0 spiro atoms. The molecule has 134 valence electrons. The Bertz CT molecular complexity index is 1040. The molecule has 3 rings (SSSR count). The van der Waals surface area contributed by atoms with Crippen LogP contribution in [0.5, 0.6) is 5.75 Å². The summed E-state index contributed by atoms with van der Waals surface area (Å²) in [5.41, 5.74) is 10.00. The average molecular weight is 368 g/mol. The molecule has 0 unspecified atom stereocenters. The molecule has 6 heteroatoms. The van der Waals surface area contributed by atoms with Gasteiger partial charge in [-0.2, -0.15) is 0 Å². The molecule has 0 bridgehead atoms. The highest BCUT2D eigenvalue weighted by Crippen LogP contribution is 2.26. The number of nitrogens with zero attached hydrogens (tertiary/aromatic N) is 1. The van der Waals surface area contributed by atoms with Gasteiger partial charge < -0.3 is 14.9 Å². The van der Waals surface area contributed by atoms with Gasteiger partial charge in [0.05, 0.1) is 12.8 Å². The van der Waals surface area contributed by atoms with Crippen LogP contribution in [0.4, 0.5) is 5.69 Å². The second-order valence-corrected chi connectivity index (χ2v) is 6.91. The predicted molar refractivity (Wildman–Crippen MR) is 108 cm³/mol. The van der Waals surface area contributed by atoms with Crippen molar-refractivity contribution >= 4 is 33.6 Å². The summed E-state index contributed by atoms with van der Waals surface area (Å²) >= 11 is 1.38. The summed E-state index contributed by atoms with van der Waals surface area (Å²) in [4.78, 5) is 16.3. The SMILES string of the molecule is COc1cccc(N=C(N)SCc2cc(=O)oc3c(C)c(C)ccc23)c1. The molecular formula is C20H20N2O3S. The molecule has 0 saturated heterocycles. The Morgan fingerprint density at radius 1 is 1.23 bits per heavy atom. The number of methoxy groups -OCH3 is 1. The van der Waals surface area contributed by atoms with Crippen molar-refractivity contribution in [1.82, 2.24) is 0 Å². The molecule has 0 aliphatic rings. The van der Waals surface area contributed by atoms with Crippen molar-refractivity contribution in [2.24, 2.45) is 10.7 Å². The molecule has 0 saturated carbocycles. The minimum atomic E-state index is -0.356. The maximum absolute atomic E-state index is 11.9. The van der Waals surface area contributed by atoms with Crippen LogP contribution in [0.15, 0.2) is 56.7 Å². The van der Waals surface area contributed by atoms with Crippen LogP contribution in [0.25, 0.3) is 11.0 Å². The highest BCUT2D eigenvalue weighted by atomic mass is 32.2. The fourth-order valence-electron chi connectivity index (χ4n) is 2.64. The lowest BCUT2D eigenvalue weighted by molar-refractivity contribution is 0.415. The highest BCUT2D eigenvalue weighted by Gasteiger charge is 2.10. The number of nitrogens with two attached hydrogens (primary N) is 1. The number of ether oxygens (including phenoxy) is 1. The van der Waals surface area contributed by atoms with Crippen LogP contribution in [0.1, 0.15) is 16.7 Å². The fraction of sp³-hybridized carbons (Fsp3) is 0.200. The third kappa shape index (κ3) is 3.91. The fourth-order valence-corrected chi connectivity index (χ4v) is 3.35. The maximum Gasteiger partial charge on any atom is 0.336 e. The van der Waals surface area contributed by atoms with E-state index in [1.165, 1.54) is 17.8 Å². The molecule has 0 aliphatic heterocycles. The Morgan fingerprint density at radius 2 is 2.04 bits per heavy atom. The number of amidine groups is 1. The van der Waals surface area contributed by atoms with Gasteiger partial charge in [-0.05, 0) is 42.7 Å². The van der Waals surface area contributed by atoms with Crippen LogP contribution in [0.2, 0.25) is 0 Å². The predicted octanol–water partition coefficient (Wildman–Crippen LogP) is 4.30. The van der Waals surface area contributed by atoms with Crippen LogP contribution >= 0.6 is 11.8 Å². The zero-order valence-electron chi connectivity index (χ0n) is 14.9. The normalized spacial score (nSPS) is 11.7. The second-order valence-electron chi connectivity index (χ2n) is 5.92. The lowest BCUT2D eigenvalue weighted by Crippen LogP contribution is -2.07. The van der Waals surface area contributed by atoms with E-state index in [4.69, 9.17) is 14.9 Å². The number of aryl methyl sites for hydroxylation is 2. The Kier molecular flexibility index (Phi) is 5.32. The van der Waals surface area contributed by atoms with E-state index in [1.807, 2.05) is 50.2 Å². The van der Waals surface area contributed by atoms with Crippen LogP contribution in [0, 0.1) is 13.8 Å². The Balaban J connectivity index is 1.86. The van der Waals surface area contributed by atoms with E-state index in [2.05, 4.69) is 4.99 Å². The van der Waals surface area contributed by atoms with E-state index in [-0.39, 0.29) is 5.63 Å². The van der Waals surface area contributed by atoms with Gasteiger partial charge in [0.2, 0.25) is 0 Å². The summed E-state index contributed by atoms with van der Waals surface area (Å²) in [6.07, 6.45) is 0. The number of benzene rings is 2. The minimum absolute atomic E-state index is 0.356. The van der Waals surface area contributed by atoms with Crippen LogP contribution in [0.3, 0.4) is 0 Å². The summed E-state index contributed by atoms with van der Waals surface area (Å²) in [6, 6.07) is 12.9. The first-order chi connectivity index (χ1) is 12.5. The van der Waals surface area contributed by atoms with E-state index < -0.39 is 0 Å². The Hall–Kier alpha value is -2.73. The number of fused-ring (bicyclic) bond motifs is 1. The van der Waals surface area contributed by atoms with Crippen molar-refractivity contribution in [3.8, 4) is 5.75 Å². The number of hydrogen-bond acceptors (Lipinski definition) is 5. The molecule has 5 nitrogen and oxygen atoms in total.